The van der Waals surface area contributed by atoms with Crippen LogP contribution in [0.2, 0.25) is 5.02 Å². The van der Waals surface area contributed by atoms with Gasteiger partial charge in [-0.25, -0.2) is 5.43 Å². The third-order valence-corrected chi connectivity index (χ3v) is 3.08. The van der Waals surface area contributed by atoms with Gasteiger partial charge in [0.1, 0.15) is 11.5 Å². The molecule has 22 heavy (non-hydrogen) atoms. The van der Waals surface area contributed by atoms with Crippen LogP contribution in [0.3, 0.4) is 0 Å². The number of ether oxygens (including phenoxy) is 2. The van der Waals surface area contributed by atoms with E-state index in [-0.39, 0.29) is 5.91 Å². The number of amides is 1. The van der Waals surface area contributed by atoms with E-state index >= 15 is 0 Å². The number of rotatable bonds is 5. The Morgan fingerprint density at radius 1 is 1.14 bits per heavy atom. The maximum atomic E-state index is 12.1. The summed E-state index contributed by atoms with van der Waals surface area (Å²) in [6.45, 7) is 0. The van der Waals surface area contributed by atoms with Crippen molar-refractivity contribution >= 4 is 23.7 Å². The van der Waals surface area contributed by atoms with E-state index in [9.17, 15) is 4.79 Å². The van der Waals surface area contributed by atoms with E-state index in [1.807, 2.05) is 6.07 Å². The topological polar surface area (TPSA) is 59.9 Å². The Kier molecular flexibility index (Phi) is 5.38. The lowest BCUT2D eigenvalue weighted by Crippen LogP contribution is -2.17. The summed E-state index contributed by atoms with van der Waals surface area (Å²) in [5.41, 5.74) is 3.62. The summed E-state index contributed by atoms with van der Waals surface area (Å²) in [6.07, 6.45) is 1.52. The van der Waals surface area contributed by atoms with E-state index in [1.54, 1.807) is 36.4 Å². The van der Waals surface area contributed by atoms with Crippen molar-refractivity contribution in [3.63, 3.8) is 0 Å². The second-order valence-corrected chi connectivity index (χ2v) is 4.79. The summed E-state index contributed by atoms with van der Waals surface area (Å²) in [6, 6.07) is 12.0. The number of benzene rings is 2. The minimum Gasteiger partial charge on any atom is -0.497 e. The van der Waals surface area contributed by atoms with Crippen LogP contribution in [0.5, 0.6) is 11.5 Å². The van der Waals surface area contributed by atoms with Gasteiger partial charge in [-0.2, -0.15) is 5.10 Å². The number of nitrogens with one attached hydrogen (secondary N) is 1. The summed E-state index contributed by atoms with van der Waals surface area (Å²) in [5, 5.41) is 4.51. The lowest BCUT2D eigenvalue weighted by Gasteiger charge is -2.07. The van der Waals surface area contributed by atoms with Crippen molar-refractivity contribution in [3.05, 3.63) is 58.6 Å². The fourth-order valence-corrected chi connectivity index (χ4v) is 1.95. The number of halogens is 1. The molecule has 2 aromatic rings. The highest BCUT2D eigenvalue weighted by Crippen LogP contribution is 2.22. The van der Waals surface area contributed by atoms with Gasteiger partial charge < -0.3 is 9.47 Å². The molecule has 0 spiro atoms. The van der Waals surface area contributed by atoms with Gasteiger partial charge in [-0.05, 0) is 29.8 Å². The molecule has 0 saturated carbocycles. The van der Waals surface area contributed by atoms with Gasteiger partial charge in [0.25, 0.3) is 5.91 Å². The number of carbonyl (C=O) groups excluding carboxylic acids is 1. The van der Waals surface area contributed by atoms with Crippen molar-refractivity contribution in [3.8, 4) is 11.5 Å². The van der Waals surface area contributed by atoms with Crippen molar-refractivity contribution in [2.45, 2.75) is 0 Å². The van der Waals surface area contributed by atoms with Gasteiger partial charge in [-0.1, -0.05) is 23.7 Å². The summed E-state index contributed by atoms with van der Waals surface area (Å²) < 4.78 is 10.2. The zero-order chi connectivity index (χ0) is 15.9. The molecule has 0 heterocycles. The Morgan fingerprint density at radius 3 is 2.41 bits per heavy atom. The third kappa shape index (κ3) is 4.23. The Morgan fingerprint density at radius 2 is 1.82 bits per heavy atom. The molecule has 0 radical (unpaired) electrons. The van der Waals surface area contributed by atoms with Crippen molar-refractivity contribution in [1.29, 1.82) is 0 Å². The minimum absolute atomic E-state index is 0.365. The molecule has 5 nitrogen and oxygen atoms in total. The van der Waals surface area contributed by atoms with Crippen LogP contribution < -0.4 is 14.9 Å². The maximum Gasteiger partial charge on any atom is 0.271 e. The highest BCUT2D eigenvalue weighted by atomic mass is 35.5. The van der Waals surface area contributed by atoms with Crippen molar-refractivity contribution < 1.29 is 14.3 Å². The molecule has 0 aromatic heterocycles. The first-order valence-corrected chi connectivity index (χ1v) is 6.82. The monoisotopic (exact) mass is 318 g/mol. The zero-order valence-electron chi connectivity index (χ0n) is 12.2. The van der Waals surface area contributed by atoms with E-state index in [2.05, 4.69) is 10.5 Å². The quantitative estimate of drug-likeness (QED) is 0.680. The van der Waals surface area contributed by atoms with Crippen LogP contribution in [0, 0.1) is 0 Å². The molecular weight excluding hydrogens is 304 g/mol. The summed E-state index contributed by atoms with van der Waals surface area (Å²) >= 11 is 5.87. The zero-order valence-corrected chi connectivity index (χ0v) is 12.9. The lowest BCUT2D eigenvalue weighted by molar-refractivity contribution is 0.0954. The van der Waals surface area contributed by atoms with Gasteiger partial charge in [-0.15, -0.1) is 0 Å². The molecule has 2 rings (SSSR count). The molecule has 0 bridgehead atoms. The third-order valence-electron chi connectivity index (χ3n) is 2.84. The van der Waals surface area contributed by atoms with Crippen LogP contribution in [0.25, 0.3) is 0 Å². The number of hydrogen-bond acceptors (Lipinski definition) is 4. The Hall–Kier alpha value is -2.53. The van der Waals surface area contributed by atoms with Crippen molar-refractivity contribution in [2.24, 2.45) is 5.10 Å². The van der Waals surface area contributed by atoms with Gasteiger partial charge in [0.2, 0.25) is 0 Å². The maximum absolute atomic E-state index is 12.1. The summed E-state index contributed by atoms with van der Waals surface area (Å²) in [4.78, 5) is 12.1. The molecule has 0 aliphatic carbocycles. The number of methoxy groups -OCH3 is 2. The van der Waals surface area contributed by atoms with Crippen LogP contribution in [-0.2, 0) is 0 Å². The largest absolute Gasteiger partial charge is 0.497 e. The van der Waals surface area contributed by atoms with Gasteiger partial charge in [0, 0.05) is 16.7 Å². The SMILES string of the molecule is COc1cc(OC)cc(C(=O)N/N=C\c2cccc(Cl)c2)c1. The summed E-state index contributed by atoms with van der Waals surface area (Å²) in [5.74, 6) is 0.696. The predicted molar refractivity (Wildman–Crippen MR) is 86.1 cm³/mol. The Balaban J connectivity index is 2.09. The smallest absolute Gasteiger partial charge is 0.271 e. The number of nitrogens with zero attached hydrogens (tertiary/aromatic N) is 1. The fourth-order valence-electron chi connectivity index (χ4n) is 1.76. The average Bonchev–Trinajstić information content (AvgIpc) is 2.54. The first-order chi connectivity index (χ1) is 10.6. The van der Waals surface area contributed by atoms with Crippen LogP contribution in [-0.4, -0.2) is 26.3 Å². The normalized spacial score (nSPS) is 10.5. The lowest BCUT2D eigenvalue weighted by atomic mass is 10.2. The Bertz CT molecular complexity index is 679. The molecule has 2 aromatic carbocycles. The molecule has 1 amide bonds. The van der Waals surface area contributed by atoms with E-state index in [0.29, 0.717) is 22.1 Å². The first-order valence-electron chi connectivity index (χ1n) is 6.44. The van der Waals surface area contributed by atoms with Crippen LogP contribution in [0.1, 0.15) is 15.9 Å². The standard InChI is InChI=1S/C16H15ClN2O3/c1-21-14-7-12(8-15(9-14)22-2)16(20)19-18-10-11-4-3-5-13(17)6-11/h3-10H,1-2H3,(H,19,20)/b18-10-. The van der Waals surface area contributed by atoms with E-state index < -0.39 is 0 Å². The minimum atomic E-state index is -0.365. The first kappa shape index (κ1) is 15.9. The molecule has 1 N–H and O–H groups in total. The van der Waals surface area contributed by atoms with Gasteiger partial charge in [0.15, 0.2) is 0 Å². The number of hydrogen-bond donors (Lipinski definition) is 1. The molecule has 6 heteroatoms. The molecule has 114 valence electrons. The molecular formula is C16H15ClN2O3. The molecule has 0 aliphatic rings. The molecule has 0 fully saturated rings. The predicted octanol–water partition coefficient (Wildman–Crippen LogP) is 3.12. The van der Waals surface area contributed by atoms with E-state index in [1.165, 1.54) is 20.4 Å². The van der Waals surface area contributed by atoms with Crippen LogP contribution >= 0.6 is 11.6 Å². The van der Waals surface area contributed by atoms with Crippen LogP contribution in [0.4, 0.5) is 0 Å². The number of carbonyl (C=O) groups is 1. The van der Waals surface area contributed by atoms with Gasteiger partial charge in [0.05, 0.1) is 20.4 Å². The highest BCUT2D eigenvalue weighted by molar-refractivity contribution is 6.30. The average molecular weight is 319 g/mol. The fraction of sp³-hybridized carbons (Fsp3) is 0.125. The second-order valence-electron chi connectivity index (χ2n) is 4.36. The van der Waals surface area contributed by atoms with Crippen LogP contribution in [0.15, 0.2) is 47.6 Å². The van der Waals surface area contributed by atoms with Gasteiger partial charge in [-0.3, -0.25) is 4.79 Å². The Labute approximate surface area is 133 Å². The van der Waals surface area contributed by atoms with Crippen molar-refractivity contribution in [2.75, 3.05) is 14.2 Å². The summed E-state index contributed by atoms with van der Waals surface area (Å²) in [7, 11) is 3.04. The molecule has 0 aliphatic heterocycles. The molecule has 0 atom stereocenters. The number of hydrazone groups is 1. The second kappa shape index (κ2) is 7.47. The highest BCUT2D eigenvalue weighted by Gasteiger charge is 2.08. The van der Waals surface area contributed by atoms with Crippen molar-refractivity contribution in [1.82, 2.24) is 5.43 Å². The molecule has 0 unspecified atom stereocenters. The molecule has 0 saturated heterocycles. The van der Waals surface area contributed by atoms with E-state index in [4.69, 9.17) is 21.1 Å². The van der Waals surface area contributed by atoms with E-state index in [0.717, 1.165) is 5.56 Å². The van der Waals surface area contributed by atoms with Gasteiger partial charge >= 0.3 is 0 Å².